The number of halogens is 1. The normalized spacial score (nSPS) is 27.1. The fraction of sp³-hybridized carbons (Fsp3) is 0.500. The smallest absolute Gasteiger partial charge is 0.253 e. The number of carbonyl (C=O) groups excluding carboxylic acids is 1. The molecule has 2 bridgehead atoms. The molecule has 96 valence electrons. The maximum atomic E-state index is 12.4. The molecule has 2 aliphatic rings. The molecule has 2 atom stereocenters. The summed E-state index contributed by atoms with van der Waals surface area (Å²) in [6.45, 7) is 3.84. The minimum absolute atomic E-state index is 0.142. The topological polar surface area (TPSA) is 32.3 Å². The van der Waals surface area contributed by atoms with Gasteiger partial charge in [0.15, 0.2) is 0 Å². The predicted molar refractivity (Wildman–Crippen MR) is 71.8 cm³/mol. The van der Waals surface area contributed by atoms with Gasteiger partial charge in [0.25, 0.3) is 5.91 Å². The Balaban J connectivity index is 1.74. The van der Waals surface area contributed by atoms with E-state index in [1.807, 2.05) is 17.0 Å². The molecule has 18 heavy (non-hydrogen) atoms. The molecular formula is C14H17ClN2O. The maximum Gasteiger partial charge on any atom is 0.253 e. The van der Waals surface area contributed by atoms with Crippen molar-refractivity contribution in [2.24, 2.45) is 11.8 Å². The van der Waals surface area contributed by atoms with Crippen molar-refractivity contribution in [3.8, 4) is 0 Å². The van der Waals surface area contributed by atoms with Crippen LogP contribution in [-0.2, 0) is 0 Å². The van der Waals surface area contributed by atoms with Crippen LogP contribution in [0, 0.1) is 11.8 Å². The van der Waals surface area contributed by atoms with Crippen molar-refractivity contribution in [3.63, 3.8) is 0 Å². The van der Waals surface area contributed by atoms with E-state index in [0.29, 0.717) is 16.9 Å². The van der Waals surface area contributed by atoms with E-state index >= 15 is 0 Å². The van der Waals surface area contributed by atoms with Crippen molar-refractivity contribution >= 4 is 17.5 Å². The molecule has 4 heteroatoms. The lowest BCUT2D eigenvalue weighted by Gasteiger charge is -2.41. The Hall–Kier alpha value is -1.06. The molecule has 1 aromatic rings. The number of amides is 1. The number of piperidine rings is 2. The Morgan fingerprint density at radius 2 is 1.78 bits per heavy atom. The highest BCUT2D eigenvalue weighted by molar-refractivity contribution is 6.30. The highest BCUT2D eigenvalue weighted by atomic mass is 35.5. The molecule has 0 spiro atoms. The van der Waals surface area contributed by atoms with Crippen molar-refractivity contribution in [3.05, 3.63) is 34.9 Å². The van der Waals surface area contributed by atoms with Crippen LogP contribution < -0.4 is 5.32 Å². The van der Waals surface area contributed by atoms with E-state index in [1.54, 1.807) is 12.1 Å². The van der Waals surface area contributed by atoms with Crippen molar-refractivity contribution < 1.29 is 4.79 Å². The van der Waals surface area contributed by atoms with E-state index in [2.05, 4.69) is 5.32 Å². The lowest BCUT2D eigenvalue weighted by molar-refractivity contribution is 0.0538. The molecule has 2 saturated heterocycles. The number of likely N-dealkylation sites (tertiary alicyclic amines) is 1. The van der Waals surface area contributed by atoms with E-state index in [4.69, 9.17) is 11.6 Å². The number of hydrogen-bond donors (Lipinski definition) is 1. The summed E-state index contributed by atoms with van der Waals surface area (Å²) in [5.41, 5.74) is 0.743. The summed E-state index contributed by atoms with van der Waals surface area (Å²) in [5, 5.41) is 4.11. The molecule has 0 saturated carbocycles. The highest BCUT2D eigenvalue weighted by Gasteiger charge is 2.32. The van der Waals surface area contributed by atoms with Crippen LogP contribution in [0.25, 0.3) is 0 Å². The van der Waals surface area contributed by atoms with E-state index in [1.165, 1.54) is 6.42 Å². The van der Waals surface area contributed by atoms with Gasteiger partial charge in [-0.15, -0.1) is 0 Å². The van der Waals surface area contributed by atoms with Crippen LogP contribution in [0.1, 0.15) is 16.8 Å². The second-order valence-corrected chi connectivity index (χ2v) is 5.78. The molecule has 3 rings (SSSR count). The summed E-state index contributed by atoms with van der Waals surface area (Å²) in [4.78, 5) is 14.4. The Bertz CT molecular complexity index is 434. The number of carbonyl (C=O) groups is 1. The molecule has 3 nitrogen and oxygen atoms in total. The average molecular weight is 265 g/mol. The number of nitrogens with zero attached hydrogens (tertiary/aromatic N) is 1. The van der Waals surface area contributed by atoms with Crippen LogP contribution in [0.2, 0.25) is 5.02 Å². The van der Waals surface area contributed by atoms with E-state index in [-0.39, 0.29) is 5.91 Å². The molecule has 0 aliphatic carbocycles. The predicted octanol–water partition coefficient (Wildman–Crippen LogP) is 2.02. The van der Waals surface area contributed by atoms with E-state index in [9.17, 15) is 4.79 Å². The standard InChI is InChI=1S/C14H17ClN2O/c15-13-3-1-12(2-4-13)14(18)17-8-10-5-11(9-17)7-16-6-10/h1-4,10-11,16H,5-9H2/t10-,11+. The number of fused-ring (bicyclic) bond motifs is 2. The van der Waals surface area contributed by atoms with Gasteiger partial charge in [0.05, 0.1) is 0 Å². The summed E-state index contributed by atoms with van der Waals surface area (Å²) in [5.74, 6) is 1.38. The molecule has 0 radical (unpaired) electrons. The third-order valence-electron chi connectivity index (χ3n) is 3.87. The molecule has 2 heterocycles. The number of nitrogens with one attached hydrogen (secondary N) is 1. The van der Waals surface area contributed by atoms with Crippen LogP contribution >= 0.6 is 11.6 Å². The summed E-state index contributed by atoms with van der Waals surface area (Å²) in [6, 6.07) is 7.18. The summed E-state index contributed by atoms with van der Waals surface area (Å²) in [6.07, 6.45) is 1.26. The lowest BCUT2D eigenvalue weighted by Crippen LogP contribution is -2.52. The summed E-state index contributed by atoms with van der Waals surface area (Å²) >= 11 is 5.85. The van der Waals surface area contributed by atoms with Crippen molar-refractivity contribution in [2.45, 2.75) is 6.42 Å². The average Bonchev–Trinajstić information content (AvgIpc) is 2.38. The van der Waals surface area contributed by atoms with Gasteiger partial charge in [0, 0.05) is 23.7 Å². The highest BCUT2D eigenvalue weighted by Crippen LogP contribution is 2.25. The van der Waals surface area contributed by atoms with Gasteiger partial charge in [0.1, 0.15) is 0 Å². The SMILES string of the molecule is O=C(c1ccc(Cl)cc1)N1C[C@@H]2CNC[C@@H](C2)C1. The summed E-state index contributed by atoms with van der Waals surface area (Å²) < 4.78 is 0. The minimum atomic E-state index is 0.142. The fourth-order valence-electron chi connectivity index (χ4n) is 3.05. The van der Waals surface area contributed by atoms with Crippen LogP contribution in [0.4, 0.5) is 0 Å². The van der Waals surface area contributed by atoms with Gasteiger partial charge in [-0.2, -0.15) is 0 Å². The third-order valence-corrected chi connectivity index (χ3v) is 4.12. The van der Waals surface area contributed by atoms with Gasteiger partial charge < -0.3 is 10.2 Å². The zero-order chi connectivity index (χ0) is 12.5. The van der Waals surface area contributed by atoms with Gasteiger partial charge in [-0.1, -0.05) is 11.6 Å². The van der Waals surface area contributed by atoms with Gasteiger partial charge in [-0.25, -0.2) is 0 Å². The molecule has 1 N–H and O–H groups in total. The molecule has 1 aromatic carbocycles. The largest absolute Gasteiger partial charge is 0.338 e. The fourth-order valence-corrected chi connectivity index (χ4v) is 3.17. The Kier molecular flexibility index (Phi) is 3.27. The van der Waals surface area contributed by atoms with Gasteiger partial charge in [-0.3, -0.25) is 4.79 Å². The summed E-state index contributed by atoms with van der Waals surface area (Å²) in [7, 11) is 0. The van der Waals surface area contributed by atoms with Crippen LogP contribution in [-0.4, -0.2) is 37.0 Å². The monoisotopic (exact) mass is 264 g/mol. The molecular weight excluding hydrogens is 248 g/mol. The van der Waals surface area contributed by atoms with Gasteiger partial charge in [-0.05, 0) is 55.6 Å². The van der Waals surface area contributed by atoms with E-state index in [0.717, 1.165) is 31.7 Å². The minimum Gasteiger partial charge on any atom is -0.338 e. The first-order valence-corrected chi connectivity index (χ1v) is 6.86. The van der Waals surface area contributed by atoms with E-state index < -0.39 is 0 Å². The zero-order valence-electron chi connectivity index (χ0n) is 10.2. The molecule has 0 unspecified atom stereocenters. The molecule has 0 aromatic heterocycles. The number of benzene rings is 1. The number of hydrogen-bond acceptors (Lipinski definition) is 2. The molecule has 2 fully saturated rings. The van der Waals surface area contributed by atoms with Crippen LogP contribution in [0.15, 0.2) is 24.3 Å². The second kappa shape index (κ2) is 4.90. The second-order valence-electron chi connectivity index (χ2n) is 5.34. The van der Waals surface area contributed by atoms with Crippen LogP contribution in [0.5, 0.6) is 0 Å². The van der Waals surface area contributed by atoms with Crippen LogP contribution in [0.3, 0.4) is 0 Å². The van der Waals surface area contributed by atoms with Crippen molar-refractivity contribution in [1.82, 2.24) is 10.2 Å². The Labute approximate surface area is 112 Å². The zero-order valence-corrected chi connectivity index (χ0v) is 11.0. The quantitative estimate of drug-likeness (QED) is 0.842. The third kappa shape index (κ3) is 2.38. The Morgan fingerprint density at radius 3 is 2.39 bits per heavy atom. The first-order valence-electron chi connectivity index (χ1n) is 6.48. The van der Waals surface area contributed by atoms with Crippen molar-refractivity contribution in [1.29, 1.82) is 0 Å². The first-order chi connectivity index (χ1) is 8.72. The molecule has 1 amide bonds. The maximum absolute atomic E-state index is 12.4. The Morgan fingerprint density at radius 1 is 1.17 bits per heavy atom. The van der Waals surface area contributed by atoms with Gasteiger partial charge >= 0.3 is 0 Å². The lowest BCUT2D eigenvalue weighted by atomic mass is 9.85. The molecule has 2 aliphatic heterocycles. The number of rotatable bonds is 1. The van der Waals surface area contributed by atoms with Crippen molar-refractivity contribution in [2.75, 3.05) is 26.2 Å². The first kappa shape index (κ1) is 12.0. The van der Waals surface area contributed by atoms with Gasteiger partial charge in [0.2, 0.25) is 0 Å².